The number of carbonyl (C=O) groups excluding carboxylic acids is 3. The van der Waals surface area contributed by atoms with Crippen LogP contribution in [0.5, 0.6) is 0 Å². The topological polar surface area (TPSA) is 96.0 Å². The average molecular weight is 399 g/mol. The predicted molar refractivity (Wildman–Crippen MR) is 103 cm³/mol. The fraction of sp³-hybridized carbons (Fsp3) is 0.476. The van der Waals surface area contributed by atoms with Crippen molar-refractivity contribution in [2.45, 2.75) is 37.3 Å². The van der Waals surface area contributed by atoms with Crippen molar-refractivity contribution >= 4 is 17.7 Å². The number of rotatable bonds is 3. The molecule has 0 bridgehead atoms. The van der Waals surface area contributed by atoms with Crippen molar-refractivity contribution < 1.29 is 23.2 Å². The third-order valence-corrected chi connectivity index (χ3v) is 6.13. The van der Waals surface area contributed by atoms with Crippen LogP contribution in [0.4, 0.5) is 0 Å². The normalized spacial score (nSPS) is 27.3. The van der Waals surface area contributed by atoms with Crippen LogP contribution in [0, 0.1) is 5.92 Å². The Bertz CT molecular complexity index is 892. The molecule has 4 heterocycles. The molecule has 2 saturated heterocycles. The van der Waals surface area contributed by atoms with E-state index in [1.54, 1.807) is 48.2 Å². The van der Waals surface area contributed by atoms with Crippen molar-refractivity contribution in [2.75, 3.05) is 20.6 Å². The average Bonchev–Trinajstić information content (AvgIpc) is 3.47. The van der Waals surface area contributed by atoms with Gasteiger partial charge in [-0.05, 0) is 49.9 Å². The second-order valence-corrected chi connectivity index (χ2v) is 7.75. The molecule has 0 aromatic carbocycles. The first-order valence-corrected chi connectivity index (χ1v) is 9.87. The van der Waals surface area contributed by atoms with Crippen molar-refractivity contribution in [3.05, 3.63) is 48.3 Å². The van der Waals surface area contributed by atoms with Gasteiger partial charge in [-0.25, -0.2) is 0 Å². The van der Waals surface area contributed by atoms with E-state index in [1.165, 1.54) is 12.5 Å². The molecule has 8 heteroatoms. The van der Waals surface area contributed by atoms with Gasteiger partial charge in [-0.2, -0.15) is 0 Å². The van der Waals surface area contributed by atoms with Gasteiger partial charge in [-0.1, -0.05) is 0 Å². The molecule has 154 valence electrons. The summed E-state index contributed by atoms with van der Waals surface area (Å²) in [6.07, 6.45) is 5.31. The lowest BCUT2D eigenvalue weighted by molar-refractivity contribution is -0.140. The van der Waals surface area contributed by atoms with Crippen LogP contribution >= 0.6 is 0 Å². The number of furan rings is 2. The molecular formula is C21H25N3O5. The van der Waals surface area contributed by atoms with Gasteiger partial charge in [-0.3, -0.25) is 14.4 Å². The third kappa shape index (κ3) is 3.03. The molecule has 2 fully saturated rings. The molecule has 0 radical (unpaired) electrons. The molecule has 8 nitrogen and oxygen atoms in total. The first-order chi connectivity index (χ1) is 14.0. The van der Waals surface area contributed by atoms with E-state index in [9.17, 15) is 14.4 Å². The summed E-state index contributed by atoms with van der Waals surface area (Å²) < 4.78 is 11.0. The Hall–Kier alpha value is -3.03. The second kappa shape index (κ2) is 7.42. The van der Waals surface area contributed by atoms with Gasteiger partial charge in [0.05, 0.1) is 18.4 Å². The minimum Gasteiger partial charge on any atom is -0.467 e. The van der Waals surface area contributed by atoms with Crippen LogP contribution < -0.4 is 5.32 Å². The molecule has 1 N–H and O–H groups in total. The smallest absolute Gasteiger partial charge is 0.291 e. The molecule has 3 amide bonds. The Morgan fingerprint density at radius 1 is 1.17 bits per heavy atom. The maximum absolute atomic E-state index is 13.6. The van der Waals surface area contributed by atoms with Crippen LogP contribution in [0.3, 0.4) is 0 Å². The number of nitrogens with one attached hydrogen (secondary N) is 1. The van der Waals surface area contributed by atoms with Crippen LogP contribution in [0.25, 0.3) is 0 Å². The van der Waals surface area contributed by atoms with Gasteiger partial charge in [-0.15, -0.1) is 0 Å². The summed E-state index contributed by atoms with van der Waals surface area (Å²) in [5, 5.41) is 2.69. The summed E-state index contributed by atoms with van der Waals surface area (Å²) >= 11 is 0. The van der Waals surface area contributed by atoms with E-state index >= 15 is 0 Å². The van der Waals surface area contributed by atoms with E-state index in [-0.39, 0.29) is 24.0 Å². The number of likely N-dealkylation sites (tertiary alicyclic amines) is 2. The standard InChI is InChI=1S/C21H25N3O5/c1-22-18(25)14-13-21(9-3-4-10-23(2)20(21)27)24(17(14)15-7-5-11-28-15)19(26)16-8-6-12-29-16/h5-8,11-12,14,17H,3-4,9-10,13H2,1-2H3,(H,22,25)/t14-,17+,21-/m0/s1. The molecule has 0 unspecified atom stereocenters. The zero-order chi connectivity index (χ0) is 20.6. The van der Waals surface area contributed by atoms with Crippen LogP contribution in [0.2, 0.25) is 0 Å². The summed E-state index contributed by atoms with van der Waals surface area (Å²) in [4.78, 5) is 43.2. The van der Waals surface area contributed by atoms with Crippen molar-refractivity contribution in [1.82, 2.24) is 15.1 Å². The van der Waals surface area contributed by atoms with Gasteiger partial charge in [0, 0.05) is 20.6 Å². The van der Waals surface area contributed by atoms with Crippen LogP contribution in [-0.2, 0) is 9.59 Å². The predicted octanol–water partition coefficient (Wildman–Crippen LogP) is 2.20. The van der Waals surface area contributed by atoms with Crippen LogP contribution in [-0.4, -0.2) is 53.7 Å². The summed E-state index contributed by atoms with van der Waals surface area (Å²) in [7, 11) is 3.31. The zero-order valence-electron chi connectivity index (χ0n) is 16.6. The van der Waals surface area contributed by atoms with Gasteiger partial charge < -0.3 is 24.0 Å². The Balaban J connectivity index is 1.90. The molecule has 2 aliphatic rings. The molecule has 29 heavy (non-hydrogen) atoms. The maximum Gasteiger partial charge on any atom is 0.291 e. The highest BCUT2D eigenvalue weighted by Gasteiger charge is 2.62. The van der Waals surface area contributed by atoms with E-state index in [4.69, 9.17) is 8.83 Å². The minimum atomic E-state index is -1.12. The third-order valence-electron chi connectivity index (χ3n) is 6.13. The van der Waals surface area contributed by atoms with Crippen molar-refractivity contribution in [2.24, 2.45) is 5.92 Å². The molecule has 4 rings (SSSR count). The van der Waals surface area contributed by atoms with Crippen molar-refractivity contribution in [1.29, 1.82) is 0 Å². The quantitative estimate of drug-likeness (QED) is 0.854. The van der Waals surface area contributed by atoms with Crippen LogP contribution in [0.15, 0.2) is 45.6 Å². The van der Waals surface area contributed by atoms with Gasteiger partial charge in [0.25, 0.3) is 5.91 Å². The summed E-state index contributed by atoms with van der Waals surface area (Å²) in [5.74, 6) is -0.765. The first kappa shape index (κ1) is 19.3. The molecule has 3 atom stereocenters. The fourth-order valence-corrected chi connectivity index (χ4v) is 4.81. The zero-order valence-corrected chi connectivity index (χ0v) is 16.6. The summed E-state index contributed by atoms with van der Waals surface area (Å²) in [5.41, 5.74) is -1.12. The van der Waals surface area contributed by atoms with E-state index in [1.807, 2.05) is 0 Å². The summed E-state index contributed by atoms with van der Waals surface area (Å²) in [6.45, 7) is 0.624. The highest BCUT2D eigenvalue weighted by atomic mass is 16.3. The lowest BCUT2D eigenvalue weighted by Gasteiger charge is -2.39. The van der Waals surface area contributed by atoms with Gasteiger partial charge >= 0.3 is 0 Å². The first-order valence-electron chi connectivity index (χ1n) is 9.87. The minimum absolute atomic E-state index is 0.137. The van der Waals surface area contributed by atoms with E-state index in [0.717, 1.165) is 12.8 Å². The number of nitrogens with zero attached hydrogens (tertiary/aromatic N) is 2. The maximum atomic E-state index is 13.6. The van der Waals surface area contributed by atoms with Gasteiger partial charge in [0.15, 0.2) is 5.76 Å². The molecule has 0 saturated carbocycles. The van der Waals surface area contributed by atoms with Gasteiger partial charge in [0.2, 0.25) is 11.8 Å². The van der Waals surface area contributed by atoms with E-state index in [2.05, 4.69) is 5.32 Å². The number of hydrogen-bond donors (Lipinski definition) is 1. The number of likely N-dealkylation sites (N-methyl/N-ethyl adjacent to an activating group) is 1. The fourth-order valence-electron chi connectivity index (χ4n) is 4.81. The number of amides is 3. The van der Waals surface area contributed by atoms with Gasteiger partial charge in [0.1, 0.15) is 17.3 Å². The Labute approximate surface area is 168 Å². The molecular weight excluding hydrogens is 374 g/mol. The molecule has 0 aliphatic carbocycles. The number of carbonyl (C=O) groups is 3. The lowest BCUT2D eigenvalue weighted by Crippen LogP contribution is -2.57. The Morgan fingerprint density at radius 3 is 2.59 bits per heavy atom. The second-order valence-electron chi connectivity index (χ2n) is 7.75. The Kier molecular flexibility index (Phi) is 4.94. The molecule has 2 aromatic rings. The molecule has 2 aromatic heterocycles. The number of hydrogen-bond acceptors (Lipinski definition) is 5. The largest absolute Gasteiger partial charge is 0.467 e. The SMILES string of the molecule is CNC(=O)[C@H]1C[C@]2(CCCCN(C)C2=O)N(C(=O)c2ccco2)[C@H]1c1ccco1. The highest BCUT2D eigenvalue weighted by molar-refractivity contribution is 6.00. The van der Waals surface area contributed by atoms with E-state index in [0.29, 0.717) is 18.7 Å². The Morgan fingerprint density at radius 2 is 1.93 bits per heavy atom. The van der Waals surface area contributed by atoms with Crippen molar-refractivity contribution in [3.8, 4) is 0 Å². The van der Waals surface area contributed by atoms with Crippen LogP contribution in [0.1, 0.15) is 48.0 Å². The van der Waals surface area contributed by atoms with E-state index < -0.39 is 23.4 Å². The van der Waals surface area contributed by atoms with Crippen molar-refractivity contribution in [3.63, 3.8) is 0 Å². The summed E-state index contributed by atoms with van der Waals surface area (Å²) in [6, 6.07) is 5.98. The molecule has 1 spiro atoms. The monoisotopic (exact) mass is 399 g/mol. The highest BCUT2D eigenvalue weighted by Crippen LogP contribution is 2.51. The molecule has 2 aliphatic heterocycles. The lowest BCUT2D eigenvalue weighted by atomic mass is 9.85.